The summed E-state index contributed by atoms with van der Waals surface area (Å²) in [6, 6.07) is 1.44. The van der Waals surface area contributed by atoms with Crippen LogP contribution in [0.15, 0.2) is 0 Å². The summed E-state index contributed by atoms with van der Waals surface area (Å²) in [6.45, 7) is 11.6. The Morgan fingerprint density at radius 1 is 1.05 bits per heavy atom. The molecule has 124 valence electrons. The molecular weight excluding hydrogens is 258 g/mol. The van der Waals surface area contributed by atoms with Gasteiger partial charge in [0.1, 0.15) is 0 Å². The largest absolute Gasteiger partial charge is 0.329 e. The van der Waals surface area contributed by atoms with Crippen LogP contribution in [0.2, 0.25) is 0 Å². The zero-order valence-electron chi connectivity index (χ0n) is 14.6. The molecule has 2 N–H and O–H groups in total. The van der Waals surface area contributed by atoms with E-state index in [2.05, 4.69) is 30.6 Å². The smallest absolute Gasteiger partial charge is 0.0347 e. The molecule has 0 spiro atoms. The van der Waals surface area contributed by atoms with Crippen molar-refractivity contribution >= 4 is 0 Å². The van der Waals surface area contributed by atoms with E-state index in [1.807, 2.05) is 0 Å². The molecule has 0 aromatic rings. The fraction of sp³-hybridized carbons (Fsp3) is 1.00. The van der Waals surface area contributed by atoms with E-state index >= 15 is 0 Å². The third-order valence-corrected chi connectivity index (χ3v) is 6.02. The van der Waals surface area contributed by atoms with E-state index in [4.69, 9.17) is 5.73 Å². The molecule has 3 nitrogen and oxygen atoms in total. The minimum atomic E-state index is 0.272. The summed E-state index contributed by atoms with van der Waals surface area (Å²) in [6.07, 6.45) is 10.7. The first-order valence-electron chi connectivity index (χ1n) is 9.34. The normalized spacial score (nSPS) is 33.9. The van der Waals surface area contributed by atoms with Crippen molar-refractivity contribution in [3.05, 3.63) is 0 Å². The zero-order chi connectivity index (χ0) is 15.3. The third kappa shape index (κ3) is 4.00. The predicted molar refractivity (Wildman–Crippen MR) is 91.6 cm³/mol. The standard InChI is InChI=1S/C18H37N3/c1-4-17-9-6-5-7-13-21(17)18(15-19)10-8-12-20(14-11-18)16(2)3/h16-17H,4-15,19H2,1-3H3. The van der Waals surface area contributed by atoms with Crippen LogP contribution in [0, 0.1) is 0 Å². The summed E-state index contributed by atoms with van der Waals surface area (Å²) in [4.78, 5) is 5.50. The van der Waals surface area contributed by atoms with E-state index in [1.165, 1.54) is 71.0 Å². The highest BCUT2D eigenvalue weighted by Crippen LogP contribution is 2.34. The SMILES string of the molecule is CCC1CCCCCN1C1(CN)CCCN(C(C)C)CC1. The number of likely N-dealkylation sites (tertiary alicyclic amines) is 2. The van der Waals surface area contributed by atoms with E-state index in [-0.39, 0.29) is 5.54 Å². The minimum Gasteiger partial charge on any atom is -0.329 e. The summed E-state index contributed by atoms with van der Waals surface area (Å²) in [5, 5.41) is 0. The van der Waals surface area contributed by atoms with Gasteiger partial charge in [-0.1, -0.05) is 19.8 Å². The van der Waals surface area contributed by atoms with Gasteiger partial charge in [-0.3, -0.25) is 4.90 Å². The molecule has 2 saturated heterocycles. The quantitative estimate of drug-likeness (QED) is 0.864. The second kappa shape index (κ2) is 7.94. The van der Waals surface area contributed by atoms with Crippen LogP contribution >= 0.6 is 0 Å². The highest BCUT2D eigenvalue weighted by molar-refractivity contribution is 4.98. The maximum Gasteiger partial charge on any atom is 0.0347 e. The van der Waals surface area contributed by atoms with Gasteiger partial charge in [0.2, 0.25) is 0 Å². The van der Waals surface area contributed by atoms with E-state index in [1.54, 1.807) is 0 Å². The molecule has 2 aliphatic heterocycles. The fourth-order valence-electron chi connectivity index (χ4n) is 4.55. The number of nitrogens with two attached hydrogens (primary N) is 1. The Bertz CT molecular complexity index is 305. The lowest BCUT2D eigenvalue weighted by Crippen LogP contribution is -2.58. The van der Waals surface area contributed by atoms with E-state index in [9.17, 15) is 0 Å². The van der Waals surface area contributed by atoms with Crippen molar-refractivity contribution < 1.29 is 0 Å². The van der Waals surface area contributed by atoms with E-state index in [0.29, 0.717) is 6.04 Å². The Labute approximate surface area is 132 Å². The van der Waals surface area contributed by atoms with Gasteiger partial charge in [0.15, 0.2) is 0 Å². The number of rotatable bonds is 4. The van der Waals surface area contributed by atoms with Crippen LogP contribution in [0.5, 0.6) is 0 Å². The first-order chi connectivity index (χ1) is 10.1. The molecule has 2 aliphatic rings. The van der Waals surface area contributed by atoms with Gasteiger partial charge in [-0.15, -0.1) is 0 Å². The molecule has 0 bridgehead atoms. The maximum atomic E-state index is 6.37. The Morgan fingerprint density at radius 2 is 1.86 bits per heavy atom. The average Bonchev–Trinajstić information content (AvgIpc) is 2.85. The van der Waals surface area contributed by atoms with Crippen LogP contribution in [0.1, 0.15) is 72.1 Å². The van der Waals surface area contributed by atoms with Crippen LogP contribution in [0.4, 0.5) is 0 Å². The van der Waals surface area contributed by atoms with Crippen molar-refractivity contribution in [2.45, 2.75) is 89.8 Å². The van der Waals surface area contributed by atoms with Crippen LogP contribution in [-0.4, -0.2) is 53.6 Å². The average molecular weight is 296 g/mol. The lowest BCUT2D eigenvalue weighted by molar-refractivity contribution is 0.0346. The highest BCUT2D eigenvalue weighted by Gasteiger charge is 2.40. The lowest BCUT2D eigenvalue weighted by Gasteiger charge is -2.47. The molecule has 0 aromatic carbocycles. The molecule has 2 unspecified atom stereocenters. The van der Waals surface area contributed by atoms with Gasteiger partial charge in [0.05, 0.1) is 0 Å². The highest BCUT2D eigenvalue weighted by atomic mass is 15.3. The van der Waals surface area contributed by atoms with Crippen LogP contribution < -0.4 is 5.73 Å². The molecule has 0 aromatic heterocycles. The topological polar surface area (TPSA) is 32.5 Å². The molecule has 0 amide bonds. The molecule has 0 aliphatic carbocycles. The van der Waals surface area contributed by atoms with Gasteiger partial charge in [0, 0.05) is 30.7 Å². The first kappa shape index (κ1) is 17.2. The molecule has 3 heteroatoms. The molecule has 0 radical (unpaired) electrons. The molecule has 21 heavy (non-hydrogen) atoms. The van der Waals surface area contributed by atoms with Crippen LogP contribution in [-0.2, 0) is 0 Å². The Hall–Kier alpha value is -0.120. The van der Waals surface area contributed by atoms with Crippen LogP contribution in [0.25, 0.3) is 0 Å². The molecule has 2 rings (SSSR count). The molecule has 2 atom stereocenters. The first-order valence-corrected chi connectivity index (χ1v) is 9.34. The Morgan fingerprint density at radius 3 is 2.52 bits per heavy atom. The van der Waals surface area contributed by atoms with E-state index in [0.717, 1.165) is 12.6 Å². The van der Waals surface area contributed by atoms with Crippen molar-refractivity contribution in [3.63, 3.8) is 0 Å². The molecule has 2 heterocycles. The summed E-state index contributed by atoms with van der Waals surface area (Å²) >= 11 is 0. The van der Waals surface area contributed by atoms with Gasteiger partial charge in [0.25, 0.3) is 0 Å². The Balaban J connectivity index is 2.14. The fourth-order valence-corrected chi connectivity index (χ4v) is 4.55. The van der Waals surface area contributed by atoms with Crippen molar-refractivity contribution in [3.8, 4) is 0 Å². The van der Waals surface area contributed by atoms with Crippen molar-refractivity contribution in [2.75, 3.05) is 26.2 Å². The Kier molecular flexibility index (Phi) is 6.51. The van der Waals surface area contributed by atoms with Gasteiger partial charge in [-0.25, -0.2) is 0 Å². The van der Waals surface area contributed by atoms with Crippen molar-refractivity contribution in [1.82, 2.24) is 9.80 Å². The number of hydrogen-bond acceptors (Lipinski definition) is 3. The van der Waals surface area contributed by atoms with Gasteiger partial charge < -0.3 is 10.6 Å². The number of nitrogens with zero attached hydrogens (tertiary/aromatic N) is 2. The molecule has 0 saturated carbocycles. The second-order valence-corrected chi connectivity index (χ2v) is 7.52. The predicted octanol–water partition coefficient (Wildman–Crippen LogP) is 3.23. The van der Waals surface area contributed by atoms with Crippen LogP contribution in [0.3, 0.4) is 0 Å². The molecule has 2 fully saturated rings. The van der Waals surface area contributed by atoms with Crippen molar-refractivity contribution in [2.24, 2.45) is 5.73 Å². The summed E-state index contributed by atoms with van der Waals surface area (Å²) < 4.78 is 0. The van der Waals surface area contributed by atoms with E-state index < -0.39 is 0 Å². The van der Waals surface area contributed by atoms with Gasteiger partial charge in [-0.2, -0.15) is 0 Å². The van der Waals surface area contributed by atoms with Gasteiger partial charge >= 0.3 is 0 Å². The monoisotopic (exact) mass is 295 g/mol. The summed E-state index contributed by atoms with van der Waals surface area (Å²) in [5.41, 5.74) is 6.64. The van der Waals surface area contributed by atoms with Crippen molar-refractivity contribution in [1.29, 1.82) is 0 Å². The maximum absolute atomic E-state index is 6.37. The zero-order valence-corrected chi connectivity index (χ0v) is 14.6. The summed E-state index contributed by atoms with van der Waals surface area (Å²) in [5.74, 6) is 0. The minimum absolute atomic E-state index is 0.272. The number of hydrogen-bond donors (Lipinski definition) is 1. The third-order valence-electron chi connectivity index (χ3n) is 6.02. The lowest BCUT2D eigenvalue weighted by atomic mass is 9.86. The second-order valence-electron chi connectivity index (χ2n) is 7.52. The molecular formula is C18H37N3. The van der Waals surface area contributed by atoms with Gasteiger partial charge in [-0.05, 0) is 65.5 Å². The summed E-state index contributed by atoms with van der Waals surface area (Å²) in [7, 11) is 0.